The maximum absolute atomic E-state index is 9.80. The number of fused-ring (bicyclic) bond motifs is 1. The summed E-state index contributed by atoms with van der Waals surface area (Å²) in [5.74, 6) is 1.36. The summed E-state index contributed by atoms with van der Waals surface area (Å²) in [5.41, 5.74) is 6.42. The van der Waals surface area contributed by atoms with E-state index < -0.39 is 0 Å². The predicted octanol–water partition coefficient (Wildman–Crippen LogP) is 3.85. The molecule has 0 spiro atoms. The first-order valence-electron chi connectivity index (χ1n) is 12.1. The number of rotatable bonds is 8. The molecule has 0 bridgehead atoms. The molecule has 3 aromatic carbocycles. The molecule has 0 atom stereocenters. The fourth-order valence-electron chi connectivity index (χ4n) is 4.53. The smallest absolute Gasteiger partial charge is 0.124 e. The maximum atomic E-state index is 9.80. The van der Waals surface area contributed by atoms with E-state index in [2.05, 4.69) is 39.5 Å². The third kappa shape index (κ3) is 5.05. The van der Waals surface area contributed by atoms with Crippen LogP contribution >= 0.6 is 0 Å². The van der Waals surface area contributed by atoms with Gasteiger partial charge in [-0.25, -0.2) is 4.98 Å². The summed E-state index contributed by atoms with van der Waals surface area (Å²) in [6.45, 7) is 4.44. The summed E-state index contributed by atoms with van der Waals surface area (Å²) in [6, 6.07) is 20.1. The van der Waals surface area contributed by atoms with Crippen LogP contribution in [0.1, 0.15) is 0 Å². The van der Waals surface area contributed by atoms with E-state index in [-0.39, 0.29) is 6.61 Å². The molecule has 1 aliphatic rings. The zero-order valence-corrected chi connectivity index (χ0v) is 20.6. The van der Waals surface area contributed by atoms with Crippen molar-refractivity contribution in [3.05, 3.63) is 66.9 Å². The lowest BCUT2D eigenvalue weighted by atomic mass is 10.1. The molecule has 36 heavy (non-hydrogen) atoms. The van der Waals surface area contributed by atoms with E-state index in [1.807, 2.05) is 47.5 Å². The van der Waals surface area contributed by atoms with Crippen molar-refractivity contribution in [3.63, 3.8) is 0 Å². The third-order valence-corrected chi connectivity index (χ3v) is 6.45. The number of anilines is 3. The quantitative estimate of drug-likeness (QED) is 0.389. The van der Waals surface area contributed by atoms with Gasteiger partial charge in [-0.05, 0) is 30.3 Å². The van der Waals surface area contributed by atoms with Crippen LogP contribution in [0.2, 0.25) is 0 Å². The van der Waals surface area contributed by atoms with Crippen LogP contribution in [0.5, 0.6) is 11.5 Å². The fourth-order valence-corrected chi connectivity index (χ4v) is 4.53. The van der Waals surface area contributed by atoms with Gasteiger partial charge in [-0.1, -0.05) is 12.1 Å². The van der Waals surface area contributed by atoms with Gasteiger partial charge in [-0.2, -0.15) is 0 Å². The van der Waals surface area contributed by atoms with Crippen molar-refractivity contribution in [3.8, 4) is 22.8 Å². The number of benzene rings is 3. The minimum Gasteiger partial charge on any atom is -0.497 e. The molecule has 1 aromatic heterocycles. The molecule has 1 aliphatic heterocycles. The second kappa shape index (κ2) is 10.8. The molecule has 1 saturated heterocycles. The number of aliphatic hydroxyl groups is 1. The van der Waals surface area contributed by atoms with E-state index in [4.69, 9.17) is 14.5 Å². The monoisotopic (exact) mass is 485 g/mol. The summed E-state index contributed by atoms with van der Waals surface area (Å²) in [4.78, 5) is 14.0. The van der Waals surface area contributed by atoms with E-state index >= 15 is 0 Å². The highest BCUT2D eigenvalue weighted by Crippen LogP contribution is 2.34. The molecular weight excluding hydrogens is 454 g/mol. The molecule has 2 heterocycles. The minimum atomic E-state index is -0.0112. The van der Waals surface area contributed by atoms with Gasteiger partial charge in [0.05, 0.1) is 43.8 Å². The lowest BCUT2D eigenvalue weighted by Crippen LogP contribution is -2.43. The Kier molecular flexibility index (Phi) is 7.16. The van der Waals surface area contributed by atoms with Gasteiger partial charge in [0, 0.05) is 73.5 Å². The van der Waals surface area contributed by atoms with Gasteiger partial charge in [0.15, 0.2) is 0 Å². The van der Waals surface area contributed by atoms with Crippen LogP contribution in [0.4, 0.5) is 17.1 Å². The first-order chi connectivity index (χ1) is 17.7. The lowest BCUT2D eigenvalue weighted by molar-refractivity contribution is 0.305. The summed E-state index contributed by atoms with van der Waals surface area (Å²) in [6.07, 6.45) is 1.82. The number of ether oxygens (including phenoxy) is 2. The number of hydrogen-bond donors (Lipinski definition) is 2. The number of hydrogen-bond acceptors (Lipinski definition) is 8. The standard InChI is InChI=1S/C28H31N5O3/c1-35-24-15-23(16-25(18-24)36-2)33(13-14-34)22-7-8-26-27(17-22)31-28(19-30-26)20-3-5-21(6-4-20)32-11-9-29-10-12-32/h3-8,15-19,29,34H,9-14H2,1-2H3. The van der Waals surface area contributed by atoms with Crippen molar-refractivity contribution in [2.45, 2.75) is 0 Å². The molecule has 0 unspecified atom stereocenters. The van der Waals surface area contributed by atoms with Crippen LogP contribution in [-0.2, 0) is 0 Å². The van der Waals surface area contributed by atoms with E-state index in [0.29, 0.717) is 18.0 Å². The zero-order valence-electron chi connectivity index (χ0n) is 20.6. The molecule has 186 valence electrons. The molecule has 4 aromatic rings. The SMILES string of the molecule is COc1cc(OC)cc(N(CCO)c2ccc3ncc(-c4ccc(N5CCNCC5)cc4)nc3c2)c1. The first kappa shape index (κ1) is 23.8. The Balaban J connectivity index is 1.47. The van der Waals surface area contributed by atoms with E-state index in [9.17, 15) is 5.11 Å². The molecule has 0 aliphatic carbocycles. The average molecular weight is 486 g/mol. The third-order valence-electron chi connectivity index (χ3n) is 6.45. The van der Waals surface area contributed by atoms with Crippen molar-refractivity contribution in [2.75, 3.05) is 63.4 Å². The Morgan fingerprint density at radius 3 is 2.28 bits per heavy atom. The van der Waals surface area contributed by atoms with E-state index in [0.717, 1.165) is 59.8 Å². The fraction of sp³-hybridized carbons (Fsp3) is 0.286. The van der Waals surface area contributed by atoms with Gasteiger partial charge >= 0.3 is 0 Å². The molecule has 0 amide bonds. The van der Waals surface area contributed by atoms with Gasteiger partial charge in [0.25, 0.3) is 0 Å². The van der Waals surface area contributed by atoms with Crippen LogP contribution in [-0.4, -0.2) is 68.6 Å². The van der Waals surface area contributed by atoms with Crippen molar-refractivity contribution in [2.24, 2.45) is 0 Å². The number of nitrogens with one attached hydrogen (secondary N) is 1. The summed E-state index contributed by atoms with van der Waals surface area (Å²) in [5, 5.41) is 13.2. The van der Waals surface area contributed by atoms with Gasteiger partial charge in [-0.3, -0.25) is 4.98 Å². The normalized spacial score (nSPS) is 13.6. The minimum absolute atomic E-state index is 0.0112. The number of methoxy groups -OCH3 is 2. The average Bonchev–Trinajstić information content (AvgIpc) is 2.95. The molecule has 2 N–H and O–H groups in total. The summed E-state index contributed by atoms with van der Waals surface area (Å²) < 4.78 is 10.9. The van der Waals surface area contributed by atoms with Crippen LogP contribution in [0.15, 0.2) is 66.9 Å². The molecule has 5 rings (SSSR count). The van der Waals surface area contributed by atoms with Gasteiger partial charge < -0.3 is 29.7 Å². The largest absolute Gasteiger partial charge is 0.497 e. The van der Waals surface area contributed by atoms with Gasteiger partial charge in [-0.15, -0.1) is 0 Å². The van der Waals surface area contributed by atoms with Crippen molar-refractivity contribution < 1.29 is 14.6 Å². The Morgan fingerprint density at radius 2 is 1.61 bits per heavy atom. The van der Waals surface area contributed by atoms with Gasteiger partial charge in [0.1, 0.15) is 11.5 Å². The van der Waals surface area contributed by atoms with Crippen molar-refractivity contribution >= 4 is 28.1 Å². The van der Waals surface area contributed by atoms with Crippen LogP contribution in [0, 0.1) is 0 Å². The number of nitrogens with zero attached hydrogens (tertiary/aromatic N) is 4. The molecule has 8 heteroatoms. The Hall–Kier alpha value is -3.88. The van der Waals surface area contributed by atoms with Crippen molar-refractivity contribution in [1.29, 1.82) is 0 Å². The summed E-state index contributed by atoms with van der Waals surface area (Å²) in [7, 11) is 3.25. The van der Waals surface area contributed by atoms with Crippen LogP contribution in [0.3, 0.4) is 0 Å². The van der Waals surface area contributed by atoms with E-state index in [1.165, 1.54) is 5.69 Å². The number of aliphatic hydroxyl groups excluding tert-OH is 1. The van der Waals surface area contributed by atoms with Gasteiger partial charge in [0.2, 0.25) is 0 Å². The number of aromatic nitrogens is 2. The van der Waals surface area contributed by atoms with E-state index in [1.54, 1.807) is 14.2 Å². The highest BCUT2D eigenvalue weighted by atomic mass is 16.5. The lowest BCUT2D eigenvalue weighted by Gasteiger charge is -2.29. The zero-order chi connectivity index (χ0) is 24.9. The molecular formula is C28H31N5O3. The second-order valence-electron chi connectivity index (χ2n) is 8.66. The maximum Gasteiger partial charge on any atom is 0.124 e. The van der Waals surface area contributed by atoms with Crippen molar-refractivity contribution in [1.82, 2.24) is 15.3 Å². The highest BCUT2D eigenvalue weighted by molar-refractivity contribution is 5.83. The first-order valence-corrected chi connectivity index (χ1v) is 12.1. The van der Waals surface area contributed by atoms with Crippen LogP contribution in [0.25, 0.3) is 22.3 Å². The molecule has 1 fully saturated rings. The highest BCUT2D eigenvalue weighted by Gasteiger charge is 2.15. The number of piperazine rings is 1. The Morgan fingerprint density at radius 1 is 0.889 bits per heavy atom. The molecule has 8 nitrogen and oxygen atoms in total. The second-order valence-corrected chi connectivity index (χ2v) is 8.66. The predicted molar refractivity (Wildman–Crippen MR) is 144 cm³/mol. The van der Waals surface area contributed by atoms with Crippen LogP contribution < -0.4 is 24.6 Å². The Labute approximate surface area is 211 Å². The summed E-state index contributed by atoms with van der Waals surface area (Å²) >= 11 is 0. The Bertz CT molecular complexity index is 1300. The molecule has 0 saturated carbocycles. The topological polar surface area (TPSA) is 83.0 Å². The molecule has 0 radical (unpaired) electrons.